The molecule has 7 heteroatoms. The fraction of sp³-hybridized carbons (Fsp3) is 0.333. The third-order valence-electron chi connectivity index (χ3n) is 4.77. The first-order valence-electron chi connectivity index (χ1n) is 8.36. The number of pyridine rings is 2. The van der Waals surface area contributed by atoms with E-state index in [-0.39, 0.29) is 5.54 Å². The summed E-state index contributed by atoms with van der Waals surface area (Å²) in [5, 5.41) is 5.03. The number of halogens is 1. The number of H-pyrrole nitrogens is 1. The van der Waals surface area contributed by atoms with Gasteiger partial charge in [0, 0.05) is 38.2 Å². The van der Waals surface area contributed by atoms with E-state index in [9.17, 15) is 0 Å². The van der Waals surface area contributed by atoms with Gasteiger partial charge in [-0.15, -0.1) is 0 Å². The van der Waals surface area contributed by atoms with Crippen molar-refractivity contribution in [1.29, 1.82) is 0 Å². The lowest BCUT2D eigenvalue weighted by Crippen LogP contribution is -2.48. The molecule has 0 saturated carbocycles. The van der Waals surface area contributed by atoms with Crippen molar-refractivity contribution in [3.05, 3.63) is 47.4 Å². The van der Waals surface area contributed by atoms with E-state index in [0.717, 1.165) is 42.0 Å². The Morgan fingerprint density at radius 2 is 2.20 bits per heavy atom. The maximum absolute atomic E-state index is 6.64. The zero-order valence-electron chi connectivity index (χ0n) is 14.1. The average Bonchev–Trinajstić information content (AvgIpc) is 3.18. The van der Waals surface area contributed by atoms with Crippen LogP contribution < -0.4 is 16.0 Å². The number of fused-ring (bicyclic) bond motifs is 1. The Labute approximate surface area is 151 Å². The number of nitrogens with zero attached hydrogens (tertiary/aromatic N) is 3. The van der Waals surface area contributed by atoms with Crippen LogP contribution in [-0.2, 0) is 0 Å². The maximum Gasteiger partial charge on any atom is 0.140 e. The second-order valence-corrected chi connectivity index (χ2v) is 7.20. The fourth-order valence-corrected chi connectivity index (χ4v) is 3.65. The van der Waals surface area contributed by atoms with Crippen LogP contribution in [0.1, 0.15) is 12.0 Å². The summed E-state index contributed by atoms with van der Waals surface area (Å²) < 4.78 is 0. The van der Waals surface area contributed by atoms with Crippen LogP contribution in [0.5, 0.6) is 0 Å². The first-order chi connectivity index (χ1) is 12.0. The predicted molar refractivity (Wildman–Crippen MR) is 102 cm³/mol. The van der Waals surface area contributed by atoms with Gasteiger partial charge in [0.2, 0.25) is 0 Å². The van der Waals surface area contributed by atoms with Crippen LogP contribution in [0.2, 0.25) is 5.02 Å². The van der Waals surface area contributed by atoms with Crippen molar-refractivity contribution in [2.45, 2.75) is 18.9 Å². The van der Waals surface area contributed by atoms with Crippen LogP contribution in [0.15, 0.2) is 36.8 Å². The number of rotatable bonds is 4. The van der Waals surface area contributed by atoms with Gasteiger partial charge < -0.3 is 20.9 Å². The molecule has 4 heterocycles. The Balaban J connectivity index is 1.51. The first-order valence-corrected chi connectivity index (χ1v) is 8.74. The number of nitrogens with one attached hydrogen (secondary N) is 2. The van der Waals surface area contributed by atoms with Crippen LogP contribution in [0, 0.1) is 6.92 Å². The lowest BCUT2D eigenvalue weighted by molar-refractivity contribution is 0.498. The number of anilines is 2. The number of hydrogen-bond donors (Lipinski definition) is 3. The molecule has 0 bridgehead atoms. The van der Waals surface area contributed by atoms with E-state index in [2.05, 4.69) is 32.1 Å². The zero-order valence-corrected chi connectivity index (χ0v) is 14.8. The molecule has 0 radical (unpaired) electrons. The molecule has 3 aromatic heterocycles. The van der Waals surface area contributed by atoms with Crippen LogP contribution in [-0.4, -0.2) is 40.1 Å². The molecule has 1 atom stereocenters. The number of aryl methyl sites for hydroxylation is 1. The van der Waals surface area contributed by atoms with Gasteiger partial charge in [-0.3, -0.25) is 0 Å². The molecule has 3 aromatic rings. The van der Waals surface area contributed by atoms with Gasteiger partial charge in [0.1, 0.15) is 11.5 Å². The summed E-state index contributed by atoms with van der Waals surface area (Å²) >= 11 is 6.33. The summed E-state index contributed by atoms with van der Waals surface area (Å²) in [6.07, 6.45) is 6.29. The van der Waals surface area contributed by atoms with Crippen molar-refractivity contribution in [3.8, 4) is 0 Å². The SMILES string of the molecule is Cc1ccnc(NC[C@@]2(N)CCN(c3ccnc4[nH]cc(Cl)c34)C2)c1. The Morgan fingerprint density at radius 1 is 1.36 bits per heavy atom. The van der Waals surface area contributed by atoms with Gasteiger partial charge in [-0.05, 0) is 37.1 Å². The maximum atomic E-state index is 6.64. The highest BCUT2D eigenvalue weighted by molar-refractivity contribution is 6.36. The van der Waals surface area contributed by atoms with Gasteiger partial charge in [-0.2, -0.15) is 0 Å². The Bertz CT molecular complexity index is 907. The molecule has 0 unspecified atom stereocenters. The summed E-state index contributed by atoms with van der Waals surface area (Å²) in [5.41, 5.74) is 9.39. The fourth-order valence-electron chi connectivity index (χ4n) is 3.41. The zero-order chi connectivity index (χ0) is 17.4. The molecule has 0 spiro atoms. The van der Waals surface area contributed by atoms with Crippen molar-refractivity contribution < 1.29 is 0 Å². The second kappa shape index (κ2) is 6.20. The third-order valence-corrected chi connectivity index (χ3v) is 5.06. The Hall–Kier alpha value is -2.31. The number of aromatic nitrogens is 3. The molecular weight excluding hydrogens is 336 g/mol. The predicted octanol–water partition coefficient (Wildman–Crippen LogP) is 2.94. The van der Waals surface area contributed by atoms with E-state index >= 15 is 0 Å². The van der Waals surface area contributed by atoms with Crippen LogP contribution in [0.4, 0.5) is 11.5 Å². The van der Waals surface area contributed by atoms with E-state index in [4.69, 9.17) is 17.3 Å². The molecule has 1 saturated heterocycles. The summed E-state index contributed by atoms with van der Waals surface area (Å²) in [5.74, 6) is 0.864. The van der Waals surface area contributed by atoms with Gasteiger partial charge >= 0.3 is 0 Å². The third kappa shape index (κ3) is 3.15. The highest BCUT2D eigenvalue weighted by atomic mass is 35.5. The van der Waals surface area contributed by atoms with Crippen molar-refractivity contribution >= 4 is 34.1 Å². The minimum absolute atomic E-state index is 0.316. The van der Waals surface area contributed by atoms with Crippen LogP contribution in [0.25, 0.3) is 11.0 Å². The molecule has 0 aliphatic carbocycles. The molecule has 4 N–H and O–H groups in total. The lowest BCUT2D eigenvalue weighted by atomic mass is 10.0. The quantitative estimate of drug-likeness (QED) is 0.669. The van der Waals surface area contributed by atoms with E-state index < -0.39 is 0 Å². The van der Waals surface area contributed by atoms with E-state index in [0.29, 0.717) is 11.6 Å². The molecule has 1 fully saturated rings. The Kier molecular flexibility index (Phi) is 4.01. The molecule has 6 nitrogen and oxygen atoms in total. The summed E-state index contributed by atoms with van der Waals surface area (Å²) in [4.78, 5) is 14.1. The van der Waals surface area contributed by atoms with Gasteiger partial charge in [-0.1, -0.05) is 11.6 Å². The standard InChI is InChI=1S/C18H21ClN6/c1-12-2-5-21-15(8-12)24-10-18(20)4-7-25(11-18)14-3-6-22-17-16(14)13(19)9-23-17/h2-3,5-6,8-9H,4,7,10-11,20H2,1H3,(H,21,24)(H,22,23)/t18-/m0/s1. The molecule has 130 valence electrons. The molecule has 4 rings (SSSR count). The Morgan fingerprint density at radius 3 is 3.04 bits per heavy atom. The van der Waals surface area contributed by atoms with Crippen molar-refractivity contribution in [2.24, 2.45) is 5.73 Å². The number of hydrogen-bond acceptors (Lipinski definition) is 5. The van der Waals surface area contributed by atoms with Gasteiger partial charge in [0.15, 0.2) is 0 Å². The molecule has 1 aliphatic heterocycles. The minimum Gasteiger partial charge on any atom is -0.369 e. The normalized spacial score (nSPS) is 20.4. The summed E-state index contributed by atoms with van der Waals surface area (Å²) in [7, 11) is 0. The molecule has 1 aliphatic rings. The monoisotopic (exact) mass is 356 g/mol. The molecule has 25 heavy (non-hydrogen) atoms. The van der Waals surface area contributed by atoms with E-state index in [1.165, 1.54) is 5.56 Å². The molecular formula is C18H21ClN6. The van der Waals surface area contributed by atoms with E-state index in [1.54, 1.807) is 12.4 Å². The van der Waals surface area contributed by atoms with Crippen molar-refractivity contribution in [2.75, 3.05) is 29.9 Å². The lowest BCUT2D eigenvalue weighted by Gasteiger charge is -2.26. The second-order valence-electron chi connectivity index (χ2n) is 6.80. The highest BCUT2D eigenvalue weighted by Crippen LogP contribution is 2.34. The van der Waals surface area contributed by atoms with Gasteiger partial charge in [0.25, 0.3) is 0 Å². The molecule has 0 amide bonds. The number of aromatic amines is 1. The van der Waals surface area contributed by atoms with Crippen molar-refractivity contribution in [3.63, 3.8) is 0 Å². The summed E-state index contributed by atoms with van der Waals surface area (Å²) in [6, 6.07) is 6.02. The summed E-state index contributed by atoms with van der Waals surface area (Å²) in [6.45, 7) is 4.37. The van der Waals surface area contributed by atoms with Crippen molar-refractivity contribution in [1.82, 2.24) is 15.0 Å². The number of nitrogens with two attached hydrogens (primary N) is 1. The minimum atomic E-state index is -0.316. The largest absolute Gasteiger partial charge is 0.369 e. The highest BCUT2D eigenvalue weighted by Gasteiger charge is 2.35. The van der Waals surface area contributed by atoms with Crippen LogP contribution >= 0.6 is 11.6 Å². The smallest absolute Gasteiger partial charge is 0.140 e. The first kappa shape index (κ1) is 16.2. The van der Waals surface area contributed by atoms with E-state index in [1.807, 2.05) is 24.4 Å². The molecule has 0 aromatic carbocycles. The topological polar surface area (TPSA) is 82.9 Å². The average molecular weight is 357 g/mol. The van der Waals surface area contributed by atoms with Gasteiger partial charge in [-0.25, -0.2) is 9.97 Å². The van der Waals surface area contributed by atoms with Gasteiger partial charge in [0.05, 0.1) is 21.6 Å². The van der Waals surface area contributed by atoms with Crippen LogP contribution in [0.3, 0.4) is 0 Å².